The molecular weight excluding hydrogens is 378 g/mol. The van der Waals surface area contributed by atoms with Crippen molar-refractivity contribution in [2.45, 2.75) is 6.92 Å². The third-order valence-electron chi connectivity index (χ3n) is 4.84. The van der Waals surface area contributed by atoms with Crippen molar-refractivity contribution in [1.29, 1.82) is 0 Å². The molecule has 0 unspecified atom stereocenters. The van der Waals surface area contributed by atoms with E-state index < -0.39 is 0 Å². The van der Waals surface area contributed by atoms with Crippen LogP contribution in [0.15, 0.2) is 83.6 Å². The molecule has 0 fully saturated rings. The molecule has 5 aromatic rings. The summed E-state index contributed by atoms with van der Waals surface area (Å²) in [5, 5.41) is 7.03. The lowest BCUT2D eigenvalue weighted by molar-refractivity contribution is 0.102. The van der Waals surface area contributed by atoms with Gasteiger partial charge >= 0.3 is 0 Å². The number of hydrogen-bond acceptors (Lipinski definition) is 5. The summed E-state index contributed by atoms with van der Waals surface area (Å²) in [6.45, 7) is 1.93. The normalized spacial score (nSPS) is 11.0. The smallest absolute Gasteiger partial charge is 0.274 e. The molecule has 0 aliphatic heterocycles. The Hall–Kier alpha value is -4.26. The first-order valence-corrected chi connectivity index (χ1v) is 9.42. The van der Waals surface area contributed by atoms with Crippen LogP contribution in [0.5, 0.6) is 0 Å². The minimum Gasteiger partial charge on any atom is -0.334 e. The number of hydrogen-bond donors (Lipinski definition) is 1. The monoisotopic (exact) mass is 395 g/mol. The molecule has 0 atom stereocenters. The van der Waals surface area contributed by atoms with Crippen LogP contribution in [0, 0.1) is 6.92 Å². The van der Waals surface area contributed by atoms with Gasteiger partial charge in [0.25, 0.3) is 11.8 Å². The van der Waals surface area contributed by atoms with E-state index in [-0.39, 0.29) is 5.91 Å². The van der Waals surface area contributed by atoms with E-state index >= 15 is 0 Å². The Kier molecular flexibility index (Phi) is 4.33. The number of nitrogens with zero attached hydrogens (tertiary/aromatic N) is 4. The van der Waals surface area contributed by atoms with Gasteiger partial charge < -0.3 is 9.84 Å². The third kappa shape index (κ3) is 3.22. The SMILES string of the molecule is Cc1ccc(-c2nc(-c3ccccc3)no2)cc1NC(=O)c1cnc2ccccn12. The lowest BCUT2D eigenvalue weighted by atomic mass is 10.1. The molecule has 7 heteroatoms. The van der Waals surface area contributed by atoms with Crippen LogP contribution >= 0.6 is 0 Å². The molecule has 1 N–H and O–H groups in total. The number of aryl methyl sites for hydroxylation is 1. The van der Waals surface area contributed by atoms with E-state index in [1.165, 1.54) is 0 Å². The Morgan fingerprint density at radius 3 is 2.70 bits per heavy atom. The molecule has 0 saturated carbocycles. The Morgan fingerprint density at radius 1 is 1.00 bits per heavy atom. The summed E-state index contributed by atoms with van der Waals surface area (Å²) in [6.07, 6.45) is 3.37. The largest absolute Gasteiger partial charge is 0.334 e. The maximum absolute atomic E-state index is 12.9. The summed E-state index contributed by atoms with van der Waals surface area (Å²) in [5.41, 5.74) is 4.36. The van der Waals surface area contributed by atoms with Crippen LogP contribution in [0.2, 0.25) is 0 Å². The first kappa shape index (κ1) is 17.8. The van der Waals surface area contributed by atoms with Gasteiger partial charge in [0.1, 0.15) is 11.3 Å². The van der Waals surface area contributed by atoms with E-state index in [2.05, 4.69) is 20.4 Å². The predicted molar refractivity (Wildman–Crippen MR) is 113 cm³/mol. The topological polar surface area (TPSA) is 85.3 Å². The van der Waals surface area contributed by atoms with Gasteiger partial charge in [-0.2, -0.15) is 4.98 Å². The molecule has 0 spiro atoms. The minimum atomic E-state index is -0.246. The molecule has 0 aliphatic carbocycles. The van der Waals surface area contributed by atoms with Gasteiger partial charge in [0.2, 0.25) is 5.82 Å². The molecule has 5 rings (SSSR count). The lowest BCUT2D eigenvalue weighted by Crippen LogP contribution is -2.15. The number of carbonyl (C=O) groups is 1. The van der Waals surface area contributed by atoms with Gasteiger partial charge in [0.15, 0.2) is 0 Å². The first-order chi connectivity index (χ1) is 14.7. The van der Waals surface area contributed by atoms with Gasteiger partial charge in [0, 0.05) is 23.0 Å². The number of imidazole rings is 1. The van der Waals surface area contributed by atoms with Crippen molar-refractivity contribution < 1.29 is 9.32 Å². The number of carbonyl (C=O) groups excluding carboxylic acids is 1. The quantitative estimate of drug-likeness (QED) is 0.480. The van der Waals surface area contributed by atoms with Crippen molar-refractivity contribution >= 4 is 17.2 Å². The van der Waals surface area contributed by atoms with E-state index in [1.807, 2.05) is 79.9 Å². The van der Waals surface area contributed by atoms with Gasteiger partial charge in [-0.3, -0.25) is 9.20 Å². The van der Waals surface area contributed by atoms with E-state index in [9.17, 15) is 4.79 Å². The standard InChI is InChI=1S/C23H17N5O2/c1-15-10-11-17(23-26-21(27-30-23)16-7-3-2-4-8-16)13-18(15)25-22(29)19-14-24-20-9-5-6-12-28(19)20/h2-14H,1H3,(H,25,29). The van der Waals surface area contributed by atoms with Crippen LogP contribution in [0.4, 0.5) is 5.69 Å². The van der Waals surface area contributed by atoms with Crippen LogP contribution in [0.3, 0.4) is 0 Å². The summed E-state index contributed by atoms with van der Waals surface area (Å²) < 4.78 is 7.20. The molecule has 3 aromatic heterocycles. The summed E-state index contributed by atoms with van der Waals surface area (Å²) in [7, 11) is 0. The van der Waals surface area contributed by atoms with Gasteiger partial charge in [0.05, 0.1) is 6.20 Å². The maximum atomic E-state index is 12.9. The second kappa shape index (κ2) is 7.29. The van der Waals surface area contributed by atoms with E-state index in [4.69, 9.17) is 4.52 Å². The number of amides is 1. The summed E-state index contributed by atoms with van der Waals surface area (Å²) in [5.74, 6) is 0.658. The van der Waals surface area contributed by atoms with Crippen LogP contribution in [-0.2, 0) is 0 Å². The average Bonchev–Trinajstić information content (AvgIpc) is 3.43. The minimum absolute atomic E-state index is 0.246. The highest BCUT2D eigenvalue weighted by molar-refractivity contribution is 6.04. The average molecular weight is 395 g/mol. The number of anilines is 1. The van der Waals surface area contributed by atoms with Crippen LogP contribution < -0.4 is 5.32 Å². The predicted octanol–water partition coefficient (Wildman–Crippen LogP) is 4.61. The third-order valence-corrected chi connectivity index (χ3v) is 4.84. The van der Waals surface area contributed by atoms with Crippen molar-refractivity contribution in [3.8, 4) is 22.8 Å². The van der Waals surface area contributed by atoms with E-state index in [0.29, 0.717) is 28.7 Å². The number of aromatic nitrogens is 4. The molecular formula is C23H17N5O2. The van der Waals surface area contributed by atoms with Crippen molar-refractivity contribution in [1.82, 2.24) is 19.5 Å². The van der Waals surface area contributed by atoms with Crippen molar-refractivity contribution in [3.05, 3.63) is 90.4 Å². The van der Waals surface area contributed by atoms with Gasteiger partial charge in [-0.1, -0.05) is 47.6 Å². The molecule has 0 bridgehead atoms. The zero-order valence-corrected chi connectivity index (χ0v) is 16.1. The molecule has 30 heavy (non-hydrogen) atoms. The van der Waals surface area contributed by atoms with Gasteiger partial charge in [-0.15, -0.1) is 0 Å². The second-order valence-electron chi connectivity index (χ2n) is 6.85. The molecule has 2 aromatic carbocycles. The Balaban J connectivity index is 1.44. The fraction of sp³-hybridized carbons (Fsp3) is 0.0435. The number of benzene rings is 2. The van der Waals surface area contributed by atoms with Crippen molar-refractivity contribution in [3.63, 3.8) is 0 Å². The number of pyridine rings is 1. The molecule has 146 valence electrons. The molecule has 0 radical (unpaired) electrons. The Labute approximate surface area is 172 Å². The molecule has 1 amide bonds. The van der Waals surface area contributed by atoms with Crippen molar-refractivity contribution in [2.75, 3.05) is 5.32 Å². The van der Waals surface area contributed by atoms with E-state index in [0.717, 1.165) is 16.7 Å². The zero-order valence-electron chi connectivity index (χ0n) is 16.1. The fourth-order valence-corrected chi connectivity index (χ4v) is 3.22. The highest BCUT2D eigenvalue weighted by Gasteiger charge is 2.15. The van der Waals surface area contributed by atoms with Crippen LogP contribution in [-0.4, -0.2) is 25.4 Å². The Morgan fingerprint density at radius 2 is 1.83 bits per heavy atom. The lowest BCUT2D eigenvalue weighted by Gasteiger charge is -2.09. The van der Waals surface area contributed by atoms with Crippen LogP contribution in [0.25, 0.3) is 28.5 Å². The van der Waals surface area contributed by atoms with Crippen LogP contribution in [0.1, 0.15) is 16.1 Å². The molecule has 7 nitrogen and oxygen atoms in total. The van der Waals surface area contributed by atoms with Gasteiger partial charge in [-0.25, -0.2) is 4.98 Å². The summed E-state index contributed by atoms with van der Waals surface area (Å²) in [6, 6.07) is 20.8. The van der Waals surface area contributed by atoms with Crippen molar-refractivity contribution in [2.24, 2.45) is 0 Å². The summed E-state index contributed by atoms with van der Waals surface area (Å²) in [4.78, 5) is 21.6. The highest BCUT2D eigenvalue weighted by Crippen LogP contribution is 2.27. The highest BCUT2D eigenvalue weighted by atomic mass is 16.5. The summed E-state index contributed by atoms with van der Waals surface area (Å²) >= 11 is 0. The number of nitrogens with one attached hydrogen (secondary N) is 1. The second-order valence-corrected chi connectivity index (χ2v) is 6.85. The molecule has 0 aliphatic rings. The number of fused-ring (bicyclic) bond motifs is 1. The molecule has 3 heterocycles. The fourth-order valence-electron chi connectivity index (χ4n) is 3.22. The maximum Gasteiger partial charge on any atom is 0.274 e. The molecule has 0 saturated heterocycles. The number of rotatable bonds is 4. The van der Waals surface area contributed by atoms with Gasteiger partial charge in [-0.05, 0) is 36.8 Å². The van der Waals surface area contributed by atoms with E-state index in [1.54, 1.807) is 10.6 Å². The first-order valence-electron chi connectivity index (χ1n) is 9.42. The Bertz CT molecular complexity index is 1350. The zero-order chi connectivity index (χ0) is 20.5.